The van der Waals surface area contributed by atoms with Crippen molar-refractivity contribution in [2.45, 2.75) is 51.6 Å². The normalized spacial score (nSPS) is 33.5. The van der Waals surface area contributed by atoms with Gasteiger partial charge < -0.3 is 5.32 Å². The van der Waals surface area contributed by atoms with E-state index >= 15 is 0 Å². The summed E-state index contributed by atoms with van der Waals surface area (Å²) in [4.78, 5) is 2.42. The molecule has 2 aliphatic rings. The summed E-state index contributed by atoms with van der Waals surface area (Å²) in [6.45, 7) is 8.86. The maximum Gasteiger partial charge on any atom is 0.151 e. The van der Waals surface area contributed by atoms with E-state index in [-0.39, 0.29) is 11.3 Å². The summed E-state index contributed by atoms with van der Waals surface area (Å²) < 4.78 is 23.5. The van der Waals surface area contributed by atoms with Gasteiger partial charge in [-0.05, 0) is 32.1 Å². The predicted octanol–water partition coefficient (Wildman–Crippen LogP) is 1.27. The van der Waals surface area contributed by atoms with Crippen LogP contribution in [0.4, 0.5) is 0 Å². The van der Waals surface area contributed by atoms with E-state index in [1.165, 1.54) is 12.8 Å². The number of rotatable bonds is 6. The highest BCUT2D eigenvalue weighted by atomic mass is 32.2. The second kappa shape index (κ2) is 5.70. The van der Waals surface area contributed by atoms with Crippen molar-refractivity contribution in [3.05, 3.63) is 0 Å². The molecule has 4 nitrogen and oxygen atoms in total. The van der Waals surface area contributed by atoms with Crippen molar-refractivity contribution in [1.29, 1.82) is 0 Å². The van der Waals surface area contributed by atoms with E-state index in [0.717, 1.165) is 25.4 Å². The number of hydrogen-bond acceptors (Lipinski definition) is 4. The van der Waals surface area contributed by atoms with Gasteiger partial charge >= 0.3 is 0 Å². The molecule has 19 heavy (non-hydrogen) atoms. The number of sulfone groups is 1. The fourth-order valence-corrected chi connectivity index (χ4v) is 3.69. The Bertz CT molecular complexity index is 406. The van der Waals surface area contributed by atoms with Crippen LogP contribution in [0.2, 0.25) is 0 Å². The zero-order chi connectivity index (χ0) is 14.1. The molecule has 2 unspecified atom stereocenters. The number of hydrogen-bond donors (Lipinski definition) is 1. The second-order valence-corrected chi connectivity index (χ2v) is 8.83. The predicted molar refractivity (Wildman–Crippen MR) is 79.1 cm³/mol. The minimum Gasteiger partial charge on any atom is -0.311 e. The van der Waals surface area contributed by atoms with Gasteiger partial charge in [-0.1, -0.05) is 13.8 Å². The van der Waals surface area contributed by atoms with Crippen LogP contribution < -0.4 is 5.32 Å². The molecule has 1 N–H and O–H groups in total. The van der Waals surface area contributed by atoms with Crippen LogP contribution in [0.25, 0.3) is 0 Å². The summed E-state index contributed by atoms with van der Waals surface area (Å²) in [6.07, 6.45) is 3.73. The topological polar surface area (TPSA) is 49.4 Å². The highest BCUT2D eigenvalue weighted by Gasteiger charge is 2.41. The molecule has 1 heterocycles. The van der Waals surface area contributed by atoms with Gasteiger partial charge in [0, 0.05) is 37.0 Å². The van der Waals surface area contributed by atoms with Crippen LogP contribution >= 0.6 is 0 Å². The van der Waals surface area contributed by atoms with Crippen molar-refractivity contribution in [3.8, 4) is 0 Å². The Morgan fingerprint density at radius 2 is 2.00 bits per heavy atom. The van der Waals surface area contributed by atoms with Crippen LogP contribution in [0.3, 0.4) is 0 Å². The van der Waals surface area contributed by atoms with E-state index in [1.807, 2.05) is 0 Å². The van der Waals surface area contributed by atoms with Crippen LogP contribution in [0.1, 0.15) is 40.0 Å². The molecular formula is C14H28N2O2S. The Morgan fingerprint density at radius 3 is 2.53 bits per heavy atom. The number of nitrogens with one attached hydrogen (secondary N) is 1. The fraction of sp³-hybridized carbons (Fsp3) is 1.00. The van der Waals surface area contributed by atoms with E-state index < -0.39 is 9.84 Å². The van der Waals surface area contributed by atoms with Gasteiger partial charge in [0.25, 0.3) is 0 Å². The maximum absolute atomic E-state index is 11.7. The molecule has 0 aromatic heterocycles. The van der Waals surface area contributed by atoms with E-state index in [4.69, 9.17) is 0 Å². The van der Waals surface area contributed by atoms with Gasteiger partial charge in [-0.25, -0.2) is 8.42 Å². The van der Waals surface area contributed by atoms with Crippen LogP contribution in [0.15, 0.2) is 0 Å². The monoisotopic (exact) mass is 288 g/mol. The third-order valence-corrected chi connectivity index (χ3v) is 6.67. The molecule has 5 heteroatoms. The zero-order valence-electron chi connectivity index (χ0n) is 12.5. The Kier molecular flexibility index (Phi) is 4.58. The molecule has 2 rings (SSSR count). The van der Waals surface area contributed by atoms with Gasteiger partial charge in [0.05, 0.1) is 5.75 Å². The number of piperazine rings is 1. The van der Waals surface area contributed by atoms with Gasteiger partial charge in [-0.15, -0.1) is 0 Å². The zero-order valence-corrected chi connectivity index (χ0v) is 13.3. The first kappa shape index (κ1) is 15.3. The first-order valence-electron chi connectivity index (χ1n) is 7.59. The highest BCUT2D eigenvalue weighted by Crippen LogP contribution is 2.36. The quantitative estimate of drug-likeness (QED) is 0.800. The second-order valence-electron chi connectivity index (χ2n) is 6.36. The van der Waals surface area contributed by atoms with Gasteiger partial charge in [-0.3, -0.25) is 4.90 Å². The Labute approximate surface area is 117 Å². The highest BCUT2D eigenvalue weighted by molar-refractivity contribution is 7.91. The largest absolute Gasteiger partial charge is 0.311 e. The first-order valence-corrected chi connectivity index (χ1v) is 9.41. The molecule has 0 aromatic rings. The summed E-state index contributed by atoms with van der Waals surface area (Å²) in [5, 5.41) is 3.67. The minimum atomic E-state index is -2.86. The van der Waals surface area contributed by atoms with Crippen LogP contribution in [0, 0.1) is 5.92 Å². The first-order chi connectivity index (χ1) is 8.90. The van der Waals surface area contributed by atoms with Crippen molar-refractivity contribution in [3.63, 3.8) is 0 Å². The lowest BCUT2D eigenvalue weighted by molar-refractivity contribution is 0.0500. The molecule has 2 fully saturated rings. The van der Waals surface area contributed by atoms with Crippen molar-refractivity contribution in [2.75, 3.05) is 31.1 Å². The third-order valence-electron chi connectivity index (χ3n) is 4.99. The van der Waals surface area contributed by atoms with Gasteiger partial charge in [0.15, 0.2) is 9.84 Å². The van der Waals surface area contributed by atoms with Crippen LogP contribution in [-0.2, 0) is 9.84 Å². The standard InChI is InChI=1S/C14H28N2O2S/c1-4-14(3)11-15-13(12-6-7-12)10-16(14)8-9-19(17,18)5-2/h12-13,15H,4-11H2,1-3H3. The molecule has 1 aliphatic carbocycles. The average molecular weight is 288 g/mol. The Hall–Kier alpha value is -0.130. The molecule has 0 radical (unpaired) electrons. The minimum absolute atomic E-state index is 0.106. The Balaban J connectivity index is 1.99. The average Bonchev–Trinajstić information content (AvgIpc) is 3.22. The molecule has 112 valence electrons. The smallest absolute Gasteiger partial charge is 0.151 e. The van der Waals surface area contributed by atoms with Crippen LogP contribution in [-0.4, -0.2) is 56.0 Å². The fourth-order valence-electron chi connectivity index (χ4n) is 2.90. The van der Waals surface area contributed by atoms with E-state index in [0.29, 0.717) is 18.3 Å². The van der Waals surface area contributed by atoms with E-state index in [1.54, 1.807) is 6.92 Å². The SMILES string of the molecule is CCC1(C)CNC(C2CC2)CN1CCS(=O)(=O)CC. The number of nitrogens with zero attached hydrogens (tertiary/aromatic N) is 1. The van der Waals surface area contributed by atoms with Crippen molar-refractivity contribution >= 4 is 9.84 Å². The molecule has 0 aromatic carbocycles. The summed E-state index contributed by atoms with van der Waals surface area (Å²) in [7, 11) is -2.86. The summed E-state index contributed by atoms with van der Waals surface area (Å²) in [6, 6.07) is 0.573. The van der Waals surface area contributed by atoms with Gasteiger partial charge in [-0.2, -0.15) is 0 Å². The van der Waals surface area contributed by atoms with Crippen LogP contribution in [0.5, 0.6) is 0 Å². The molecule has 0 amide bonds. The molecular weight excluding hydrogens is 260 g/mol. The maximum atomic E-state index is 11.7. The van der Waals surface area contributed by atoms with Crippen molar-refractivity contribution < 1.29 is 8.42 Å². The van der Waals surface area contributed by atoms with Crippen molar-refractivity contribution in [2.24, 2.45) is 5.92 Å². The molecule has 0 bridgehead atoms. The van der Waals surface area contributed by atoms with E-state index in [9.17, 15) is 8.42 Å². The molecule has 0 spiro atoms. The van der Waals surface area contributed by atoms with E-state index in [2.05, 4.69) is 24.1 Å². The lowest BCUT2D eigenvalue weighted by Gasteiger charge is -2.48. The summed E-state index contributed by atoms with van der Waals surface area (Å²) >= 11 is 0. The molecule has 1 saturated heterocycles. The lowest BCUT2D eigenvalue weighted by Crippen LogP contribution is -2.64. The Morgan fingerprint density at radius 1 is 1.32 bits per heavy atom. The van der Waals surface area contributed by atoms with Gasteiger partial charge in [0.1, 0.15) is 0 Å². The molecule has 2 atom stereocenters. The summed E-state index contributed by atoms with van der Waals surface area (Å²) in [5.74, 6) is 1.39. The van der Waals surface area contributed by atoms with Gasteiger partial charge in [0.2, 0.25) is 0 Å². The van der Waals surface area contributed by atoms with Crippen molar-refractivity contribution in [1.82, 2.24) is 10.2 Å². The summed E-state index contributed by atoms with van der Waals surface area (Å²) in [5.41, 5.74) is 0.106. The molecule has 1 saturated carbocycles. The lowest BCUT2D eigenvalue weighted by atomic mass is 9.91. The molecule has 1 aliphatic heterocycles. The third kappa shape index (κ3) is 3.70.